The van der Waals surface area contributed by atoms with Gasteiger partial charge in [-0.25, -0.2) is 4.79 Å². The molecule has 0 aromatic heterocycles. The lowest BCUT2D eigenvalue weighted by molar-refractivity contribution is -0.146. The maximum Gasteiger partial charge on any atom is 0.345 e. The summed E-state index contributed by atoms with van der Waals surface area (Å²) in [7, 11) is 0. The minimum atomic E-state index is -0.891. The van der Waals surface area contributed by atoms with Crippen molar-refractivity contribution < 1.29 is 14.6 Å². The SMILES string of the molecule is Cc1cc(OC(C(=O)O)C2CC2)cc(C)c1Cl. The molecular formula is C13H15ClO3. The first-order valence-electron chi connectivity index (χ1n) is 5.65. The van der Waals surface area contributed by atoms with Gasteiger partial charge in [-0.1, -0.05) is 11.6 Å². The van der Waals surface area contributed by atoms with Crippen LogP contribution in [0.15, 0.2) is 12.1 Å². The van der Waals surface area contributed by atoms with Gasteiger partial charge in [0.2, 0.25) is 0 Å². The fourth-order valence-electron chi connectivity index (χ4n) is 1.87. The predicted molar refractivity (Wildman–Crippen MR) is 65.7 cm³/mol. The molecule has 0 bridgehead atoms. The van der Waals surface area contributed by atoms with Crippen LogP contribution < -0.4 is 4.74 Å². The van der Waals surface area contributed by atoms with Gasteiger partial charge in [-0.2, -0.15) is 0 Å². The summed E-state index contributed by atoms with van der Waals surface area (Å²) in [6.07, 6.45) is 1.14. The van der Waals surface area contributed by atoms with Gasteiger partial charge >= 0.3 is 5.97 Å². The first-order valence-corrected chi connectivity index (χ1v) is 6.03. The maximum absolute atomic E-state index is 11.1. The van der Waals surface area contributed by atoms with Crippen molar-refractivity contribution in [1.29, 1.82) is 0 Å². The van der Waals surface area contributed by atoms with Crippen LogP contribution in [-0.4, -0.2) is 17.2 Å². The number of halogens is 1. The fourth-order valence-corrected chi connectivity index (χ4v) is 1.98. The Morgan fingerprint density at radius 3 is 2.35 bits per heavy atom. The molecule has 1 N–H and O–H groups in total. The molecule has 0 aliphatic heterocycles. The zero-order chi connectivity index (χ0) is 12.6. The van der Waals surface area contributed by atoms with Crippen LogP contribution in [-0.2, 0) is 4.79 Å². The zero-order valence-electron chi connectivity index (χ0n) is 9.87. The summed E-state index contributed by atoms with van der Waals surface area (Å²) in [5.74, 6) is -0.148. The lowest BCUT2D eigenvalue weighted by Gasteiger charge is -2.16. The quantitative estimate of drug-likeness (QED) is 0.898. The molecule has 2 rings (SSSR count). The fraction of sp³-hybridized carbons (Fsp3) is 0.462. The Bertz CT molecular complexity index is 429. The van der Waals surface area contributed by atoms with E-state index in [1.165, 1.54) is 0 Å². The summed E-state index contributed by atoms with van der Waals surface area (Å²) < 4.78 is 5.56. The Labute approximate surface area is 105 Å². The highest BCUT2D eigenvalue weighted by Gasteiger charge is 2.38. The van der Waals surface area contributed by atoms with E-state index in [1.807, 2.05) is 13.8 Å². The molecule has 0 saturated heterocycles. The Kier molecular flexibility index (Phi) is 3.29. The van der Waals surface area contributed by atoms with Gasteiger partial charge in [0, 0.05) is 10.9 Å². The van der Waals surface area contributed by atoms with Gasteiger partial charge in [0.25, 0.3) is 0 Å². The van der Waals surface area contributed by atoms with Crippen molar-refractivity contribution in [1.82, 2.24) is 0 Å². The summed E-state index contributed by atoms with van der Waals surface area (Å²) in [6.45, 7) is 3.77. The van der Waals surface area contributed by atoms with E-state index in [2.05, 4.69) is 0 Å². The number of carboxylic acid groups (broad SMARTS) is 1. The van der Waals surface area contributed by atoms with Gasteiger partial charge < -0.3 is 9.84 Å². The third-order valence-corrected chi connectivity index (χ3v) is 3.56. The summed E-state index contributed by atoms with van der Waals surface area (Å²) in [5.41, 5.74) is 1.81. The second kappa shape index (κ2) is 4.57. The molecule has 0 amide bonds. The van der Waals surface area contributed by atoms with E-state index in [9.17, 15) is 4.79 Å². The highest BCUT2D eigenvalue weighted by atomic mass is 35.5. The van der Waals surface area contributed by atoms with Gasteiger partial charge in [0.15, 0.2) is 6.10 Å². The molecular weight excluding hydrogens is 240 g/mol. The zero-order valence-corrected chi connectivity index (χ0v) is 10.6. The number of carboxylic acids is 1. The molecule has 1 aliphatic rings. The first-order chi connectivity index (χ1) is 7.99. The van der Waals surface area contributed by atoms with E-state index in [1.54, 1.807) is 12.1 Å². The van der Waals surface area contributed by atoms with Crippen molar-refractivity contribution >= 4 is 17.6 Å². The highest BCUT2D eigenvalue weighted by molar-refractivity contribution is 6.32. The number of carbonyl (C=O) groups is 1. The number of hydrogen-bond donors (Lipinski definition) is 1. The summed E-state index contributed by atoms with van der Waals surface area (Å²) in [4.78, 5) is 11.1. The number of aryl methyl sites for hydroxylation is 2. The van der Waals surface area contributed by atoms with E-state index in [4.69, 9.17) is 21.4 Å². The Morgan fingerprint density at radius 2 is 1.94 bits per heavy atom. The Morgan fingerprint density at radius 1 is 1.41 bits per heavy atom. The molecule has 1 aliphatic carbocycles. The van der Waals surface area contributed by atoms with E-state index >= 15 is 0 Å². The topological polar surface area (TPSA) is 46.5 Å². The van der Waals surface area contributed by atoms with Gasteiger partial charge in [-0.15, -0.1) is 0 Å². The van der Waals surface area contributed by atoms with Crippen LogP contribution >= 0.6 is 11.6 Å². The van der Waals surface area contributed by atoms with Crippen LogP contribution in [0.4, 0.5) is 0 Å². The molecule has 1 atom stereocenters. The van der Waals surface area contributed by atoms with Crippen LogP contribution in [0.3, 0.4) is 0 Å². The molecule has 0 heterocycles. The largest absolute Gasteiger partial charge is 0.478 e. The molecule has 0 spiro atoms. The average Bonchev–Trinajstić information content (AvgIpc) is 3.05. The van der Waals surface area contributed by atoms with Gasteiger partial charge in [-0.3, -0.25) is 0 Å². The van der Waals surface area contributed by atoms with Gasteiger partial charge in [-0.05, 0) is 49.9 Å². The van der Waals surface area contributed by atoms with Crippen molar-refractivity contribution in [2.75, 3.05) is 0 Å². The van der Waals surface area contributed by atoms with Gasteiger partial charge in [0.05, 0.1) is 0 Å². The molecule has 0 radical (unpaired) electrons. The summed E-state index contributed by atoms with van der Waals surface area (Å²) in [6, 6.07) is 3.57. The van der Waals surface area contributed by atoms with Crippen molar-refractivity contribution in [3.63, 3.8) is 0 Å². The normalized spacial score (nSPS) is 16.6. The summed E-state index contributed by atoms with van der Waals surface area (Å²) >= 11 is 6.05. The Balaban J connectivity index is 2.20. The standard InChI is InChI=1S/C13H15ClO3/c1-7-5-10(6-8(2)11(7)14)17-12(13(15)16)9-3-4-9/h5-6,9,12H,3-4H2,1-2H3,(H,15,16). The third-order valence-electron chi connectivity index (χ3n) is 2.97. The van der Waals surface area contributed by atoms with Crippen LogP contribution in [0.1, 0.15) is 24.0 Å². The van der Waals surface area contributed by atoms with Crippen LogP contribution in [0.25, 0.3) is 0 Å². The number of benzene rings is 1. The predicted octanol–water partition coefficient (Wildman–Crippen LogP) is 3.20. The van der Waals surface area contributed by atoms with Crippen LogP contribution in [0.5, 0.6) is 5.75 Å². The molecule has 1 aromatic carbocycles. The molecule has 4 heteroatoms. The summed E-state index contributed by atoms with van der Waals surface area (Å²) in [5, 5.41) is 9.79. The van der Waals surface area contributed by atoms with E-state index in [0.717, 1.165) is 24.0 Å². The minimum absolute atomic E-state index is 0.156. The van der Waals surface area contributed by atoms with Crippen molar-refractivity contribution in [3.8, 4) is 5.75 Å². The van der Waals surface area contributed by atoms with Crippen molar-refractivity contribution in [3.05, 3.63) is 28.3 Å². The lowest BCUT2D eigenvalue weighted by atomic mass is 10.1. The number of rotatable bonds is 4. The van der Waals surface area contributed by atoms with Crippen LogP contribution in [0, 0.1) is 19.8 Å². The average molecular weight is 255 g/mol. The minimum Gasteiger partial charge on any atom is -0.478 e. The Hall–Kier alpha value is -1.22. The second-order valence-electron chi connectivity index (χ2n) is 4.59. The smallest absolute Gasteiger partial charge is 0.345 e. The van der Waals surface area contributed by atoms with Crippen molar-refractivity contribution in [2.24, 2.45) is 5.92 Å². The first kappa shape index (κ1) is 12.2. The number of ether oxygens (including phenoxy) is 1. The number of aliphatic carboxylic acids is 1. The van der Waals surface area contributed by atoms with Crippen molar-refractivity contribution in [2.45, 2.75) is 32.8 Å². The molecule has 1 saturated carbocycles. The van der Waals surface area contributed by atoms with Gasteiger partial charge in [0.1, 0.15) is 5.75 Å². The molecule has 92 valence electrons. The second-order valence-corrected chi connectivity index (χ2v) is 4.96. The molecule has 1 aromatic rings. The van der Waals surface area contributed by atoms with Crippen LogP contribution in [0.2, 0.25) is 5.02 Å². The molecule has 1 unspecified atom stereocenters. The maximum atomic E-state index is 11.1. The van der Waals surface area contributed by atoms with E-state index in [0.29, 0.717) is 10.8 Å². The molecule has 3 nitrogen and oxygen atoms in total. The monoisotopic (exact) mass is 254 g/mol. The van der Waals surface area contributed by atoms with E-state index in [-0.39, 0.29) is 5.92 Å². The third kappa shape index (κ3) is 2.72. The molecule has 1 fully saturated rings. The van der Waals surface area contributed by atoms with E-state index < -0.39 is 12.1 Å². The molecule has 17 heavy (non-hydrogen) atoms. The highest BCUT2D eigenvalue weighted by Crippen LogP contribution is 2.36. The lowest BCUT2D eigenvalue weighted by Crippen LogP contribution is -2.29. The number of hydrogen-bond acceptors (Lipinski definition) is 2.